The molecule has 5 nitrogen and oxygen atoms in total. The van der Waals surface area contributed by atoms with Gasteiger partial charge in [0, 0.05) is 24.8 Å². The second-order valence-electron chi connectivity index (χ2n) is 5.13. The van der Waals surface area contributed by atoms with Gasteiger partial charge in [-0.1, -0.05) is 6.07 Å². The fourth-order valence-electron chi connectivity index (χ4n) is 1.73. The summed E-state index contributed by atoms with van der Waals surface area (Å²) in [5.41, 5.74) is 1.59. The van der Waals surface area contributed by atoms with Gasteiger partial charge in [0.2, 0.25) is 10.0 Å². The summed E-state index contributed by atoms with van der Waals surface area (Å²) in [6.07, 6.45) is 2.92. The molecular weight excluding hydrogens is 250 g/mol. The molecule has 0 aliphatic rings. The van der Waals surface area contributed by atoms with Crippen LogP contribution in [0.25, 0.3) is 0 Å². The second-order valence-corrected chi connectivity index (χ2v) is 6.88. The summed E-state index contributed by atoms with van der Waals surface area (Å²) in [4.78, 5) is 4.27. The van der Waals surface area contributed by atoms with Gasteiger partial charge in [-0.05, 0) is 32.4 Å². The lowest BCUT2D eigenvalue weighted by atomic mass is 10.1. The Morgan fingerprint density at radius 2 is 2.06 bits per heavy atom. The lowest BCUT2D eigenvalue weighted by Crippen LogP contribution is -2.49. The molecule has 2 N–H and O–H groups in total. The molecule has 0 radical (unpaired) electrons. The molecule has 6 heteroatoms. The highest BCUT2D eigenvalue weighted by molar-refractivity contribution is 7.88. The van der Waals surface area contributed by atoms with E-state index >= 15 is 0 Å². The minimum Gasteiger partial charge on any atom is -0.309 e. The third-order valence-corrected chi connectivity index (χ3v) is 3.36. The summed E-state index contributed by atoms with van der Waals surface area (Å²) in [5, 5.41) is 3.22. The first-order valence-corrected chi connectivity index (χ1v) is 7.69. The van der Waals surface area contributed by atoms with Crippen molar-refractivity contribution in [1.29, 1.82) is 0 Å². The van der Waals surface area contributed by atoms with E-state index in [2.05, 4.69) is 15.0 Å². The van der Waals surface area contributed by atoms with Crippen LogP contribution in [0, 0.1) is 6.92 Å². The van der Waals surface area contributed by atoms with Crippen molar-refractivity contribution < 1.29 is 8.42 Å². The van der Waals surface area contributed by atoms with Crippen LogP contribution in [0.3, 0.4) is 0 Å². The monoisotopic (exact) mass is 271 g/mol. The SMILES string of the molecule is Cc1cccnc1CNCC(C)(C)NS(C)(=O)=O. The Balaban J connectivity index is 2.49. The average molecular weight is 271 g/mol. The largest absolute Gasteiger partial charge is 0.309 e. The highest BCUT2D eigenvalue weighted by Gasteiger charge is 2.21. The zero-order valence-corrected chi connectivity index (χ0v) is 12.1. The molecule has 102 valence electrons. The number of nitrogens with zero attached hydrogens (tertiary/aromatic N) is 1. The van der Waals surface area contributed by atoms with Gasteiger partial charge in [0.1, 0.15) is 0 Å². The molecule has 0 saturated heterocycles. The van der Waals surface area contributed by atoms with E-state index in [4.69, 9.17) is 0 Å². The molecule has 0 aromatic carbocycles. The summed E-state index contributed by atoms with van der Waals surface area (Å²) in [7, 11) is -3.19. The second kappa shape index (κ2) is 5.77. The van der Waals surface area contributed by atoms with Gasteiger partial charge >= 0.3 is 0 Å². The number of pyridine rings is 1. The fourth-order valence-corrected chi connectivity index (χ4v) is 2.81. The molecule has 0 unspecified atom stereocenters. The third-order valence-electron chi connectivity index (χ3n) is 2.44. The number of hydrogen-bond acceptors (Lipinski definition) is 4. The van der Waals surface area contributed by atoms with Crippen LogP contribution in [0.1, 0.15) is 25.1 Å². The molecular formula is C12H21N3O2S. The molecule has 0 aliphatic carbocycles. The van der Waals surface area contributed by atoms with Gasteiger partial charge in [-0.15, -0.1) is 0 Å². The van der Waals surface area contributed by atoms with Gasteiger partial charge < -0.3 is 5.32 Å². The fraction of sp³-hybridized carbons (Fsp3) is 0.583. The summed E-state index contributed by atoms with van der Waals surface area (Å²) in [5.74, 6) is 0. The molecule has 0 spiro atoms. The molecule has 1 heterocycles. The van der Waals surface area contributed by atoms with Crippen molar-refractivity contribution in [2.24, 2.45) is 0 Å². The van der Waals surface area contributed by atoms with Crippen LogP contribution in [0.4, 0.5) is 0 Å². The molecule has 0 aliphatic heterocycles. The molecule has 1 aromatic rings. The normalized spacial score (nSPS) is 12.7. The average Bonchev–Trinajstić information content (AvgIpc) is 2.17. The number of aromatic nitrogens is 1. The van der Waals surface area contributed by atoms with E-state index in [0.29, 0.717) is 13.1 Å². The number of hydrogen-bond donors (Lipinski definition) is 2. The molecule has 0 fully saturated rings. The van der Waals surface area contributed by atoms with Crippen LogP contribution in [0.5, 0.6) is 0 Å². The first-order chi connectivity index (χ1) is 8.20. The highest BCUT2D eigenvalue weighted by Crippen LogP contribution is 2.05. The topological polar surface area (TPSA) is 71.1 Å². The van der Waals surface area contributed by atoms with Crippen LogP contribution >= 0.6 is 0 Å². The van der Waals surface area contributed by atoms with Gasteiger partial charge in [-0.25, -0.2) is 13.1 Å². The molecule has 0 atom stereocenters. The van der Waals surface area contributed by atoms with Gasteiger partial charge in [0.25, 0.3) is 0 Å². The molecule has 18 heavy (non-hydrogen) atoms. The number of rotatable bonds is 6. The Morgan fingerprint density at radius 1 is 1.39 bits per heavy atom. The van der Waals surface area contributed by atoms with Crippen molar-refractivity contribution in [2.75, 3.05) is 12.8 Å². The van der Waals surface area contributed by atoms with Gasteiger partial charge in [-0.2, -0.15) is 0 Å². The van der Waals surface area contributed by atoms with Gasteiger partial charge in [0.15, 0.2) is 0 Å². The maximum absolute atomic E-state index is 11.2. The van der Waals surface area contributed by atoms with E-state index in [-0.39, 0.29) is 0 Å². The number of nitrogens with one attached hydrogen (secondary N) is 2. The smallest absolute Gasteiger partial charge is 0.209 e. The Hall–Kier alpha value is -0.980. The Kier molecular flexibility index (Phi) is 4.84. The predicted octanol–water partition coefficient (Wildman–Crippen LogP) is 0.807. The van der Waals surface area contributed by atoms with E-state index in [9.17, 15) is 8.42 Å². The first-order valence-electron chi connectivity index (χ1n) is 5.80. The molecule has 0 bridgehead atoms. The van der Waals surface area contributed by atoms with Gasteiger partial charge in [-0.3, -0.25) is 4.98 Å². The zero-order valence-electron chi connectivity index (χ0n) is 11.3. The molecule has 0 saturated carbocycles. The van der Waals surface area contributed by atoms with Crippen molar-refractivity contribution in [3.63, 3.8) is 0 Å². The Morgan fingerprint density at radius 3 is 2.61 bits per heavy atom. The van der Waals surface area contributed by atoms with Crippen LogP contribution in [-0.2, 0) is 16.6 Å². The van der Waals surface area contributed by atoms with Crippen LogP contribution in [0.2, 0.25) is 0 Å². The first kappa shape index (κ1) is 15.1. The maximum atomic E-state index is 11.2. The number of sulfonamides is 1. The standard InChI is InChI=1S/C12H21N3O2S/c1-10-6-5-7-14-11(10)8-13-9-12(2,3)15-18(4,16)17/h5-7,13,15H,8-9H2,1-4H3. The predicted molar refractivity (Wildman–Crippen MR) is 72.7 cm³/mol. The van der Waals surface area contributed by atoms with Crippen LogP contribution in [-0.4, -0.2) is 31.7 Å². The van der Waals surface area contributed by atoms with Crippen LogP contribution < -0.4 is 10.0 Å². The molecule has 1 aromatic heterocycles. The highest BCUT2D eigenvalue weighted by atomic mass is 32.2. The van der Waals surface area contributed by atoms with Crippen molar-refractivity contribution in [2.45, 2.75) is 32.9 Å². The molecule has 1 rings (SSSR count). The Labute approximate surface area is 109 Å². The van der Waals surface area contributed by atoms with E-state index in [1.807, 2.05) is 32.9 Å². The van der Waals surface area contributed by atoms with E-state index in [1.54, 1.807) is 6.20 Å². The molecule has 0 amide bonds. The summed E-state index contributed by atoms with van der Waals surface area (Å²) in [6, 6.07) is 3.90. The summed E-state index contributed by atoms with van der Waals surface area (Å²) >= 11 is 0. The van der Waals surface area contributed by atoms with Crippen LogP contribution in [0.15, 0.2) is 18.3 Å². The van der Waals surface area contributed by atoms with Crippen molar-refractivity contribution in [3.05, 3.63) is 29.6 Å². The van der Waals surface area contributed by atoms with Crippen molar-refractivity contribution in [3.8, 4) is 0 Å². The Bertz CT molecular complexity index is 498. The van der Waals surface area contributed by atoms with E-state index in [0.717, 1.165) is 17.5 Å². The van der Waals surface area contributed by atoms with Crippen molar-refractivity contribution in [1.82, 2.24) is 15.0 Å². The van der Waals surface area contributed by atoms with E-state index < -0.39 is 15.6 Å². The van der Waals surface area contributed by atoms with Crippen molar-refractivity contribution >= 4 is 10.0 Å². The summed E-state index contributed by atoms with van der Waals surface area (Å²) in [6.45, 7) is 6.85. The quantitative estimate of drug-likeness (QED) is 0.803. The minimum atomic E-state index is -3.19. The maximum Gasteiger partial charge on any atom is 0.209 e. The zero-order chi connectivity index (χ0) is 13.8. The lowest BCUT2D eigenvalue weighted by Gasteiger charge is -2.25. The lowest BCUT2D eigenvalue weighted by molar-refractivity contribution is 0.419. The third kappa shape index (κ3) is 5.57. The number of aryl methyl sites for hydroxylation is 1. The summed E-state index contributed by atoms with van der Waals surface area (Å²) < 4.78 is 25.0. The minimum absolute atomic E-state index is 0.518. The van der Waals surface area contributed by atoms with E-state index in [1.165, 1.54) is 0 Å². The van der Waals surface area contributed by atoms with Gasteiger partial charge in [0.05, 0.1) is 11.9 Å².